The van der Waals surface area contributed by atoms with Crippen LogP contribution in [0.15, 0.2) is 66.0 Å². The Balaban J connectivity index is 1.72. The van der Waals surface area contributed by atoms with Crippen molar-refractivity contribution < 1.29 is 13.9 Å². The normalized spacial score (nSPS) is 10.4. The Bertz CT molecular complexity index is 816. The Labute approximate surface area is 143 Å². The third-order valence-corrected chi connectivity index (χ3v) is 4.41. The first-order chi connectivity index (χ1) is 11.6. The number of ether oxygens (including phenoxy) is 1. The van der Waals surface area contributed by atoms with E-state index in [1.807, 2.05) is 23.6 Å². The van der Waals surface area contributed by atoms with Crippen LogP contribution in [-0.4, -0.2) is 13.0 Å². The van der Waals surface area contributed by atoms with Gasteiger partial charge in [0.25, 0.3) is 5.91 Å². The molecule has 0 bridgehead atoms. The molecule has 122 valence electrons. The van der Waals surface area contributed by atoms with E-state index in [0.717, 1.165) is 4.88 Å². The maximum Gasteiger partial charge on any atom is 0.258 e. The fourth-order valence-corrected chi connectivity index (χ4v) is 2.86. The fraction of sp³-hybridized carbons (Fsp3) is 0.105. The van der Waals surface area contributed by atoms with Crippen molar-refractivity contribution >= 4 is 22.9 Å². The number of hydrogen-bond donors (Lipinski definition) is 0. The molecule has 1 aromatic heterocycles. The van der Waals surface area contributed by atoms with Gasteiger partial charge in [0.05, 0.1) is 0 Å². The van der Waals surface area contributed by atoms with Gasteiger partial charge in [-0.3, -0.25) is 4.79 Å². The summed E-state index contributed by atoms with van der Waals surface area (Å²) >= 11 is 1.63. The summed E-state index contributed by atoms with van der Waals surface area (Å²) in [7, 11) is 1.66. The molecule has 0 aliphatic carbocycles. The number of carbonyl (C=O) groups is 1. The Morgan fingerprint density at radius 2 is 1.92 bits per heavy atom. The van der Waals surface area contributed by atoms with E-state index in [2.05, 4.69) is 0 Å². The van der Waals surface area contributed by atoms with Crippen molar-refractivity contribution in [1.29, 1.82) is 0 Å². The van der Waals surface area contributed by atoms with Crippen LogP contribution in [0.25, 0.3) is 0 Å². The third kappa shape index (κ3) is 3.81. The largest absolute Gasteiger partial charge is 0.488 e. The molecule has 5 heteroatoms. The first kappa shape index (κ1) is 16.2. The van der Waals surface area contributed by atoms with E-state index in [0.29, 0.717) is 23.6 Å². The van der Waals surface area contributed by atoms with Crippen LogP contribution in [0.1, 0.15) is 15.2 Å². The topological polar surface area (TPSA) is 29.5 Å². The fourth-order valence-electron chi connectivity index (χ4n) is 2.24. The zero-order valence-corrected chi connectivity index (χ0v) is 13.9. The second-order valence-corrected chi connectivity index (χ2v) is 6.27. The summed E-state index contributed by atoms with van der Waals surface area (Å²) in [6.07, 6.45) is 0. The van der Waals surface area contributed by atoms with Gasteiger partial charge in [-0.2, -0.15) is 0 Å². The van der Waals surface area contributed by atoms with Crippen LogP contribution in [0.3, 0.4) is 0 Å². The molecule has 1 amide bonds. The molecule has 0 spiro atoms. The summed E-state index contributed by atoms with van der Waals surface area (Å²) in [6, 6.07) is 16.9. The smallest absolute Gasteiger partial charge is 0.258 e. The molecule has 0 unspecified atom stereocenters. The van der Waals surface area contributed by atoms with Crippen LogP contribution in [0.2, 0.25) is 0 Å². The second kappa shape index (κ2) is 7.27. The van der Waals surface area contributed by atoms with Crippen molar-refractivity contribution in [3.05, 3.63) is 82.3 Å². The summed E-state index contributed by atoms with van der Waals surface area (Å²) in [5.41, 5.74) is 1.15. The molecule has 3 rings (SSSR count). The SMILES string of the molecule is CN(C(=O)c1cccc(OCc2cccs2)c1)c1ccc(F)cc1. The molecular weight excluding hydrogens is 325 g/mol. The maximum absolute atomic E-state index is 13.0. The number of rotatable bonds is 5. The Hall–Kier alpha value is -2.66. The molecule has 0 saturated heterocycles. The molecule has 0 aliphatic rings. The van der Waals surface area contributed by atoms with Crippen molar-refractivity contribution in [3.8, 4) is 5.75 Å². The van der Waals surface area contributed by atoms with Gasteiger partial charge >= 0.3 is 0 Å². The zero-order chi connectivity index (χ0) is 16.9. The number of carbonyl (C=O) groups excluding carboxylic acids is 1. The lowest BCUT2D eigenvalue weighted by Crippen LogP contribution is -2.26. The predicted molar refractivity (Wildman–Crippen MR) is 94.2 cm³/mol. The van der Waals surface area contributed by atoms with E-state index in [9.17, 15) is 9.18 Å². The molecular formula is C19H16FNO2S. The molecule has 0 radical (unpaired) electrons. The maximum atomic E-state index is 13.0. The highest BCUT2D eigenvalue weighted by Crippen LogP contribution is 2.20. The van der Waals surface area contributed by atoms with Crippen LogP contribution < -0.4 is 9.64 Å². The Morgan fingerprint density at radius 1 is 1.12 bits per heavy atom. The van der Waals surface area contributed by atoms with E-state index in [4.69, 9.17) is 4.74 Å². The Morgan fingerprint density at radius 3 is 2.62 bits per heavy atom. The second-order valence-electron chi connectivity index (χ2n) is 5.24. The van der Waals surface area contributed by atoms with Gasteiger partial charge in [0.1, 0.15) is 18.2 Å². The summed E-state index contributed by atoms with van der Waals surface area (Å²) in [4.78, 5) is 15.2. The molecule has 0 atom stereocenters. The lowest BCUT2D eigenvalue weighted by atomic mass is 10.1. The van der Waals surface area contributed by atoms with Crippen LogP contribution in [0.4, 0.5) is 10.1 Å². The highest BCUT2D eigenvalue weighted by atomic mass is 32.1. The van der Waals surface area contributed by atoms with E-state index >= 15 is 0 Å². The average Bonchev–Trinajstić information content (AvgIpc) is 3.13. The lowest BCUT2D eigenvalue weighted by molar-refractivity contribution is 0.0992. The standard InChI is InChI=1S/C19H16FNO2S/c1-21(16-9-7-15(20)8-10-16)19(22)14-4-2-5-17(12-14)23-13-18-6-3-11-24-18/h2-12H,13H2,1H3. The molecule has 0 N–H and O–H groups in total. The van der Waals surface area contributed by atoms with E-state index in [-0.39, 0.29) is 11.7 Å². The van der Waals surface area contributed by atoms with Gasteiger partial charge in [-0.25, -0.2) is 4.39 Å². The first-order valence-corrected chi connectivity index (χ1v) is 8.30. The van der Waals surface area contributed by atoms with Crippen LogP contribution in [0.5, 0.6) is 5.75 Å². The molecule has 2 aromatic carbocycles. The van der Waals surface area contributed by atoms with Gasteiger partial charge in [-0.1, -0.05) is 12.1 Å². The lowest BCUT2D eigenvalue weighted by Gasteiger charge is -2.17. The minimum absolute atomic E-state index is 0.178. The monoisotopic (exact) mass is 341 g/mol. The highest BCUT2D eigenvalue weighted by molar-refractivity contribution is 7.09. The predicted octanol–water partition coefficient (Wildman–Crippen LogP) is 4.74. The number of amides is 1. The molecule has 0 aliphatic heterocycles. The van der Waals surface area contributed by atoms with Crippen LogP contribution in [-0.2, 0) is 6.61 Å². The van der Waals surface area contributed by atoms with Crippen molar-refractivity contribution in [3.63, 3.8) is 0 Å². The molecule has 3 nitrogen and oxygen atoms in total. The van der Waals surface area contributed by atoms with Gasteiger partial charge in [0.2, 0.25) is 0 Å². The number of halogens is 1. The number of hydrogen-bond acceptors (Lipinski definition) is 3. The number of benzene rings is 2. The first-order valence-electron chi connectivity index (χ1n) is 7.42. The average molecular weight is 341 g/mol. The minimum Gasteiger partial charge on any atom is -0.488 e. The third-order valence-electron chi connectivity index (χ3n) is 3.56. The number of anilines is 1. The van der Waals surface area contributed by atoms with Crippen LogP contribution >= 0.6 is 11.3 Å². The van der Waals surface area contributed by atoms with Crippen LogP contribution in [0, 0.1) is 5.82 Å². The van der Waals surface area contributed by atoms with Gasteiger partial charge in [-0.15, -0.1) is 11.3 Å². The van der Waals surface area contributed by atoms with E-state index in [1.165, 1.54) is 17.0 Å². The molecule has 24 heavy (non-hydrogen) atoms. The quantitative estimate of drug-likeness (QED) is 0.671. The summed E-state index contributed by atoms with van der Waals surface area (Å²) in [5, 5.41) is 2.00. The molecule has 0 saturated carbocycles. The summed E-state index contributed by atoms with van der Waals surface area (Å²) < 4.78 is 18.7. The number of thiophene rings is 1. The molecule has 3 aromatic rings. The van der Waals surface area contributed by atoms with Crippen molar-refractivity contribution in [1.82, 2.24) is 0 Å². The molecule has 1 heterocycles. The van der Waals surface area contributed by atoms with E-state index in [1.54, 1.807) is 48.7 Å². The van der Waals surface area contributed by atoms with Crippen molar-refractivity contribution in [2.45, 2.75) is 6.61 Å². The summed E-state index contributed by atoms with van der Waals surface area (Å²) in [5.74, 6) is 0.133. The zero-order valence-electron chi connectivity index (χ0n) is 13.1. The summed E-state index contributed by atoms with van der Waals surface area (Å²) in [6.45, 7) is 0.475. The minimum atomic E-state index is -0.330. The van der Waals surface area contributed by atoms with Crippen molar-refractivity contribution in [2.75, 3.05) is 11.9 Å². The van der Waals surface area contributed by atoms with Gasteiger partial charge < -0.3 is 9.64 Å². The molecule has 0 fully saturated rings. The van der Waals surface area contributed by atoms with E-state index < -0.39 is 0 Å². The van der Waals surface area contributed by atoms with Gasteiger partial charge in [0.15, 0.2) is 0 Å². The number of nitrogens with zero attached hydrogens (tertiary/aromatic N) is 1. The van der Waals surface area contributed by atoms with Gasteiger partial charge in [0, 0.05) is 23.2 Å². The highest BCUT2D eigenvalue weighted by Gasteiger charge is 2.14. The van der Waals surface area contributed by atoms with Gasteiger partial charge in [-0.05, 0) is 53.9 Å². The Kier molecular flexibility index (Phi) is 4.91. The van der Waals surface area contributed by atoms with Crippen molar-refractivity contribution in [2.24, 2.45) is 0 Å².